The van der Waals surface area contributed by atoms with E-state index >= 15 is 0 Å². The lowest BCUT2D eigenvalue weighted by molar-refractivity contribution is 0.415. The van der Waals surface area contributed by atoms with Crippen LogP contribution in [0.25, 0.3) is 11.1 Å². The summed E-state index contributed by atoms with van der Waals surface area (Å²) >= 11 is 0. The van der Waals surface area contributed by atoms with E-state index in [1.165, 1.54) is 0 Å². The summed E-state index contributed by atoms with van der Waals surface area (Å²) in [6.45, 7) is 4.09. The van der Waals surface area contributed by atoms with Crippen LogP contribution in [0.5, 0.6) is 5.75 Å². The van der Waals surface area contributed by atoms with Gasteiger partial charge in [-0.2, -0.15) is 0 Å². The smallest absolute Gasteiger partial charge is 0.128 e. The van der Waals surface area contributed by atoms with E-state index in [1.807, 2.05) is 24.4 Å². The molecule has 4 nitrogen and oxygen atoms in total. The molecule has 1 aliphatic heterocycles. The van der Waals surface area contributed by atoms with Crippen LogP contribution in [0.3, 0.4) is 0 Å². The summed E-state index contributed by atoms with van der Waals surface area (Å²) < 4.78 is 5.26. The Balaban J connectivity index is 1.81. The average Bonchev–Trinajstić information content (AvgIpc) is 2.56. The van der Waals surface area contributed by atoms with Gasteiger partial charge in [-0.15, -0.1) is 0 Å². The minimum Gasteiger partial charge on any atom is -0.497 e. The van der Waals surface area contributed by atoms with Crippen molar-refractivity contribution in [3.05, 3.63) is 42.6 Å². The minimum atomic E-state index is 0.869. The topological polar surface area (TPSA) is 37.4 Å². The lowest BCUT2D eigenvalue weighted by atomic mass is 10.1. The van der Waals surface area contributed by atoms with Gasteiger partial charge in [-0.3, -0.25) is 0 Å². The molecule has 0 bridgehead atoms. The molecule has 0 radical (unpaired) electrons. The highest BCUT2D eigenvalue weighted by Crippen LogP contribution is 2.24. The molecule has 0 aliphatic carbocycles. The summed E-state index contributed by atoms with van der Waals surface area (Å²) in [6.07, 6.45) is 1.94. The predicted octanol–water partition coefficient (Wildman–Crippen LogP) is 2.17. The zero-order valence-corrected chi connectivity index (χ0v) is 11.7. The quantitative estimate of drug-likeness (QED) is 0.926. The molecule has 1 aliphatic rings. The first-order valence-corrected chi connectivity index (χ1v) is 6.93. The molecule has 1 aromatic carbocycles. The Morgan fingerprint density at radius 3 is 2.65 bits per heavy atom. The molecule has 0 saturated carbocycles. The molecule has 2 heterocycles. The Bertz CT molecular complexity index is 562. The van der Waals surface area contributed by atoms with Gasteiger partial charge in [0.05, 0.1) is 7.11 Å². The standard InChI is InChI=1S/C16H19N3O/c1-20-15-4-2-3-13(11-15)14-5-6-16(18-12-14)19-9-7-17-8-10-19/h2-6,11-12,17H,7-10H2,1H3. The monoisotopic (exact) mass is 269 g/mol. The first-order chi connectivity index (χ1) is 9.86. The summed E-state index contributed by atoms with van der Waals surface area (Å²) in [4.78, 5) is 6.90. The molecule has 20 heavy (non-hydrogen) atoms. The van der Waals surface area contributed by atoms with Gasteiger partial charge in [0.15, 0.2) is 0 Å². The van der Waals surface area contributed by atoms with Crippen LogP contribution in [0.15, 0.2) is 42.6 Å². The number of aromatic nitrogens is 1. The van der Waals surface area contributed by atoms with Crippen LogP contribution in [0.4, 0.5) is 5.82 Å². The number of benzene rings is 1. The fourth-order valence-corrected chi connectivity index (χ4v) is 2.44. The van der Waals surface area contributed by atoms with Crippen LogP contribution in [0.2, 0.25) is 0 Å². The largest absolute Gasteiger partial charge is 0.497 e. The second-order valence-corrected chi connectivity index (χ2v) is 4.87. The van der Waals surface area contributed by atoms with Crippen molar-refractivity contribution in [1.82, 2.24) is 10.3 Å². The zero-order chi connectivity index (χ0) is 13.8. The number of nitrogens with one attached hydrogen (secondary N) is 1. The number of hydrogen-bond donors (Lipinski definition) is 1. The van der Waals surface area contributed by atoms with Crippen LogP contribution in [0.1, 0.15) is 0 Å². The average molecular weight is 269 g/mol. The maximum absolute atomic E-state index is 5.26. The summed E-state index contributed by atoms with van der Waals surface area (Å²) in [5.41, 5.74) is 2.24. The van der Waals surface area contributed by atoms with Gasteiger partial charge >= 0.3 is 0 Å². The van der Waals surface area contributed by atoms with E-state index in [0.29, 0.717) is 0 Å². The van der Waals surface area contributed by atoms with Crippen molar-refractivity contribution in [2.75, 3.05) is 38.2 Å². The van der Waals surface area contributed by atoms with Crippen molar-refractivity contribution >= 4 is 5.82 Å². The van der Waals surface area contributed by atoms with Crippen LogP contribution < -0.4 is 15.0 Å². The van der Waals surface area contributed by atoms with E-state index in [-0.39, 0.29) is 0 Å². The molecule has 0 unspecified atom stereocenters. The minimum absolute atomic E-state index is 0.869. The SMILES string of the molecule is COc1cccc(-c2ccc(N3CCNCC3)nc2)c1. The van der Waals surface area contributed by atoms with E-state index in [4.69, 9.17) is 4.74 Å². The van der Waals surface area contributed by atoms with Gasteiger partial charge < -0.3 is 15.0 Å². The second kappa shape index (κ2) is 5.92. The Hall–Kier alpha value is -2.07. The van der Waals surface area contributed by atoms with Gasteiger partial charge in [-0.05, 0) is 29.8 Å². The Morgan fingerprint density at radius 1 is 1.10 bits per heavy atom. The molecule has 2 aromatic rings. The third-order valence-corrected chi connectivity index (χ3v) is 3.59. The van der Waals surface area contributed by atoms with Gasteiger partial charge in [0.2, 0.25) is 0 Å². The molecule has 0 amide bonds. The third-order valence-electron chi connectivity index (χ3n) is 3.59. The van der Waals surface area contributed by atoms with Crippen LogP contribution in [-0.2, 0) is 0 Å². The molecular formula is C16H19N3O. The van der Waals surface area contributed by atoms with E-state index in [0.717, 1.165) is 48.9 Å². The maximum Gasteiger partial charge on any atom is 0.128 e. The number of pyridine rings is 1. The lowest BCUT2D eigenvalue weighted by Gasteiger charge is -2.28. The van der Waals surface area contributed by atoms with E-state index < -0.39 is 0 Å². The van der Waals surface area contributed by atoms with Crippen LogP contribution >= 0.6 is 0 Å². The third kappa shape index (κ3) is 2.75. The summed E-state index contributed by atoms with van der Waals surface area (Å²) in [6, 6.07) is 12.3. The number of methoxy groups -OCH3 is 1. The predicted molar refractivity (Wildman–Crippen MR) is 81.3 cm³/mol. The Labute approximate surface area is 119 Å². The van der Waals surface area contributed by atoms with E-state index in [1.54, 1.807) is 7.11 Å². The van der Waals surface area contributed by atoms with E-state index in [2.05, 4.69) is 33.4 Å². The first kappa shape index (κ1) is 12.9. The number of anilines is 1. The van der Waals surface area contributed by atoms with Gasteiger partial charge in [-0.25, -0.2) is 4.98 Å². The second-order valence-electron chi connectivity index (χ2n) is 4.87. The molecule has 4 heteroatoms. The van der Waals surface area contributed by atoms with Crippen LogP contribution in [0, 0.1) is 0 Å². The summed E-state index contributed by atoms with van der Waals surface area (Å²) in [5.74, 6) is 1.92. The van der Waals surface area contributed by atoms with Crippen molar-refractivity contribution in [3.63, 3.8) is 0 Å². The maximum atomic E-state index is 5.26. The summed E-state index contributed by atoms with van der Waals surface area (Å²) in [7, 11) is 1.69. The molecule has 1 fully saturated rings. The fourth-order valence-electron chi connectivity index (χ4n) is 2.44. The lowest BCUT2D eigenvalue weighted by Crippen LogP contribution is -2.43. The Kier molecular flexibility index (Phi) is 3.83. The van der Waals surface area contributed by atoms with Crippen LogP contribution in [-0.4, -0.2) is 38.3 Å². The molecule has 0 spiro atoms. The zero-order valence-electron chi connectivity index (χ0n) is 11.7. The highest BCUT2D eigenvalue weighted by atomic mass is 16.5. The molecule has 1 aromatic heterocycles. The van der Waals surface area contributed by atoms with Gasteiger partial charge in [0, 0.05) is 37.9 Å². The van der Waals surface area contributed by atoms with Gasteiger partial charge in [0.1, 0.15) is 11.6 Å². The van der Waals surface area contributed by atoms with Crippen molar-refractivity contribution in [2.45, 2.75) is 0 Å². The normalized spacial score (nSPS) is 15.2. The number of ether oxygens (including phenoxy) is 1. The highest BCUT2D eigenvalue weighted by Gasteiger charge is 2.11. The molecular weight excluding hydrogens is 250 g/mol. The van der Waals surface area contributed by atoms with Crippen molar-refractivity contribution in [2.24, 2.45) is 0 Å². The fraction of sp³-hybridized carbons (Fsp3) is 0.312. The van der Waals surface area contributed by atoms with Crippen molar-refractivity contribution < 1.29 is 4.74 Å². The molecule has 1 N–H and O–H groups in total. The van der Waals surface area contributed by atoms with Crippen molar-refractivity contribution in [3.8, 4) is 16.9 Å². The molecule has 0 atom stereocenters. The number of hydrogen-bond acceptors (Lipinski definition) is 4. The van der Waals surface area contributed by atoms with Gasteiger partial charge in [0.25, 0.3) is 0 Å². The van der Waals surface area contributed by atoms with E-state index in [9.17, 15) is 0 Å². The molecule has 104 valence electrons. The summed E-state index contributed by atoms with van der Waals surface area (Å²) in [5, 5.41) is 3.35. The molecule has 1 saturated heterocycles. The Morgan fingerprint density at radius 2 is 1.95 bits per heavy atom. The van der Waals surface area contributed by atoms with Gasteiger partial charge in [-0.1, -0.05) is 12.1 Å². The number of nitrogens with zero attached hydrogens (tertiary/aromatic N) is 2. The highest BCUT2D eigenvalue weighted by molar-refractivity contribution is 5.65. The molecule has 3 rings (SSSR count). The number of rotatable bonds is 3. The number of piperazine rings is 1. The first-order valence-electron chi connectivity index (χ1n) is 6.93. The van der Waals surface area contributed by atoms with Crippen molar-refractivity contribution in [1.29, 1.82) is 0 Å².